The molecule has 11 heteroatoms. The zero-order valence-electron chi connectivity index (χ0n) is 27.6. The second-order valence-corrected chi connectivity index (χ2v) is 15.8. The summed E-state index contributed by atoms with van der Waals surface area (Å²) in [4.78, 5) is 80.3. The van der Waals surface area contributed by atoms with E-state index in [1.54, 1.807) is 4.90 Å². The average molecular weight is 617 g/mol. The number of primary amides is 1. The Kier molecular flexibility index (Phi) is 9.58. The number of likely N-dealkylation sites (tertiary alicyclic amines) is 1. The normalized spacial score (nSPS) is 26.6. The van der Waals surface area contributed by atoms with Crippen LogP contribution in [0.15, 0.2) is 0 Å². The van der Waals surface area contributed by atoms with Crippen LogP contribution in [0, 0.1) is 46.3 Å². The molecule has 3 saturated carbocycles. The number of piperidine rings is 1. The Balaban J connectivity index is 1.49. The van der Waals surface area contributed by atoms with Crippen LogP contribution < -0.4 is 16.4 Å². The molecule has 4 aliphatic rings. The van der Waals surface area contributed by atoms with Crippen LogP contribution in [-0.4, -0.2) is 71.1 Å². The minimum atomic E-state index is -1.04. The molecule has 1 heterocycles. The minimum Gasteiger partial charge on any atom is -0.461 e. The molecular formula is C33H52N4O7. The zero-order chi connectivity index (χ0) is 32.9. The predicted molar refractivity (Wildman–Crippen MR) is 163 cm³/mol. The van der Waals surface area contributed by atoms with E-state index in [9.17, 15) is 28.8 Å². The van der Waals surface area contributed by atoms with Crippen molar-refractivity contribution in [1.29, 1.82) is 0 Å². The fourth-order valence-corrected chi connectivity index (χ4v) is 7.03. The number of nitrogens with two attached hydrogens (primary N) is 1. The second-order valence-electron chi connectivity index (χ2n) is 15.8. The van der Waals surface area contributed by atoms with Crippen molar-refractivity contribution >= 4 is 35.4 Å². The molecule has 0 aromatic heterocycles. The van der Waals surface area contributed by atoms with Gasteiger partial charge in [0.2, 0.25) is 11.7 Å². The van der Waals surface area contributed by atoms with Gasteiger partial charge < -0.3 is 26.0 Å². The zero-order valence-corrected chi connectivity index (χ0v) is 27.6. The van der Waals surface area contributed by atoms with Gasteiger partial charge in [-0.05, 0) is 66.6 Å². The molecule has 246 valence electrons. The fourth-order valence-electron chi connectivity index (χ4n) is 7.03. The number of esters is 1. The predicted octanol–water partition coefficient (Wildman–Crippen LogP) is 2.98. The van der Waals surface area contributed by atoms with Gasteiger partial charge in [-0.1, -0.05) is 61.3 Å². The molecule has 1 aliphatic heterocycles. The molecule has 0 aromatic rings. The topological polar surface area (TPSA) is 165 Å². The number of rotatable bonds is 14. The summed E-state index contributed by atoms with van der Waals surface area (Å²) in [5, 5.41) is 5.53. The van der Waals surface area contributed by atoms with Crippen molar-refractivity contribution in [2.24, 2.45) is 52.1 Å². The molecular weight excluding hydrogens is 564 g/mol. The monoisotopic (exact) mass is 616 g/mol. The Morgan fingerprint density at radius 1 is 0.977 bits per heavy atom. The van der Waals surface area contributed by atoms with Gasteiger partial charge in [0.05, 0.1) is 6.04 Å². The molecule has 44 heavy (non-hydrogen) atoms. The first-order chi connectivity index (χ1) is 20.3. The molecule has 0 bridgehead atoms. The number of carbonyl (C=O) groups excluding carboxylic acids is 6. The Morgan fingerprint density at radius 2 is 1.59 bits per heavy atom. The minimum absolute atomic E-state index is 0.0767. The van der Waals surface area contributed by atoms with E-state index in [2.05, 4.69) is 24.5 Å². The van der Waals surface area contributed by atoms with Crippen LogP contribution >= 0.6 is 0 Å². The molecule has 0 radical (unpaired) electrons. The van der Waals surface area contributed by atoms with Crippen molar-refractivity contribution in [2.75, 3.05) is 6.54 Å². The second kappa shape index (κ2) is 12.4. The third-order valence-electron chi connectivity index (χ3n) is 10.4. The van der Waals surface area contributed by atoms with Gasteiger partial charge in [0.15, 0.2) is 5.78 Å². The Bertz CT molecular complexity index is 1180. The number of hydrogen-bond acceptors (Lipinski definition) is 7. The molecule has 0 spiro atoms. The van der Waals surface area contributed by atoms with Gasteiger partial charge in [0, 0.05) is 18.9 Å². The highest BCUT2D eigenvalue weighted by atomic mass is 16.5. The summed E-state index contributed by atoms with van der Waals surface area (Å²) in [5.74, 6) is -3.26. The smallest absolute Gasteiger partial charge is 0.329 e. The molecule has 4 amide bonds. The molecule has 4 fully saturated rings. The first-order valence-electron chi connectivity index (χ1n) is 16.3. The number of urea groups is 1. The van der Waals surface area contributed by atoms with E-state index in [0.29, 0.717) is 24.8 Å². The van der Waals surface area contributed by atoms with Crippen molar-refractivity contribution < 1.29 is 33.5 Å². The summed E-state index contributed by atoms with van der Waals surface area (Å²) in [7, 11) is 0. The lowest BCUT2D eigenvalue weighted by Crippen LogP contribution is -2.61. The van der Waals surface area contributed by atoms with Gasteiger partial charge in [-0.3, -0.25) is 19.2 Å². The lowest BCUT2D eigenvalue weighted by molar-refractivity contribution is -0.152. The van der Waals surface area contributed by atoms with Gasteiger partial charge in [-0.15, -0.1) is 0 Å². The molecule has 4 N–H and O–H groups in total. The third-order valence-corrected chi connectivity index (χ3v) is 10.4. The molecule has 7 atom stereocenters. The van der Waals surface area contributed by atoms with Crippen molar-refractivity contribution in [3.63, 3.8) is 0 Å². The standard InChI is InChI=1S/C33H52N4O7/c1-16(2)24(30(42)44-17(3)19-11-12-19)35-31(43)36-27(32(4,5)6)29(41)37-15-21-23(33(21,7)8)25(37)22(38)14-20(13-18-9-10-18)26(39)28(34)40/h16-21,23-25,27H,9-15H2,1-8H3,(H2,34,40)(H2,35,36,43)/t17?,20?,21-,23-,24-,25+,27+/m0/s1. The number of ether oxygens (including phenoxy) is 1. The SMILES string of the molecule is CC(OC(=O)[C@@H](NC(=O)N[C@H](C(=O)N1C[C@H]2[C@@H]([C@H]1C(=O)CC(CC1CC1)C(=O)C(N)=O)C2(C)C)C(C)(C)C)C(C)C)C1CC1. The van der Waals surface area contributed by atoms with Crippen molar-refractivity contribution in [2.45, 2.75) is 118 Å². The highest BCUT2D eigenvalue weighted by Gasteiger charge is 2.69. The van der Waals surface area contributed by atoms with Gasteiger partial charge in [-0.2, -0.15) is 0 Å². The van der Waals surface area contributed by atoms with E-state index in [4.69, 9.17) is 10.5 Å². The van der Waals surface area contributed by atoms with Crippen LogP contribution in [-0.2, 0) is 28.7 Å². The van der Waals surface area contributed by atoms with Crippen LogP contribution in [0.3, 0.4) is 0 Å². The highest BCUT2D eigenvalue weighted by Crippen LogP contribution is 2.65. The first-order valence-corrected chi connectivity index (χ1v) is 16.3. The molecule has 3 aliphatic carbocycles. The number of fused-ring (bicyclic) bond motifs is 1. The molecule has 0 aromatic carbocycles. The summed E-state index contributed by atoms with van der Waals surface area (Å²) >= 11 is 0. The van der Waals surface area contributed by atoms with Crippen LogP contribution in [0.2, 0.25) is 0 Å². The quantitative estimate of drug-likeness (QED) is 0.199. The maximum Gasteiger partial charge on any atom is 0.329 e. The summed E-state index contributed by atoms with van der Waals surface area (Å²) in [5.41, 5.74) is 4.44. The third kappa shape index (κ3) is 7.45. The number of hydrogen-bond donors (Lipinski definition) is 3. The highest BCUT2D eigenvalue weighted by molar-refractivity contribution is 6.36. The van der Waals surface area contributed by atoms with Gasteiger partial charge >= 0.3 is 12.0 Å². The lowest BCUT2D eigenvalue weighted by Gasteiger charge is -2.38. The van der Waals surface area contributed by atoms with Crippen molar-refractivity contribution in [1.82, 2.24) is 15.5 Å². The summed E-state index contributed by atoms with van der Waals surface area (Å²) in [6, 6.07) is -3.33. The Hall–Kier alpha value is -2.98. The number of carbonyl (C=O) groups is 6. The maximum absolute atomic E-state index is 14.2. The molecule has 1 saturated heterocycles. The first kappa shape index (κ1) is 33.9. The Labute approximate surface area is 261 Å². The van der Waals surface area contributed by atoms with E-state index >= 15 is 0 Å². The summed E-state index contributed by atoms with van der Waals surface area (Å²) in [6.45, 7) is 15.5. The van der Waals surface area contributed by atoms with Gasteiger partial charge in [-0.25, -0.2) is 9.59 Å². The van der Waals surface area contributed by atoms with Crippen molar-refractivity contribution in [3.8, 4) is 0 Å². The van der Waals surface area contributed by atoms with Crippen LogP contribution in [0.4, 0.5) is 4.79 Å². The fraction of sp³-hybridized carbons (Fsp3) is 0.818. The Morgan fingerprint density at radius 3 is 2.09 bits per heavy atom. The molecule has 11 nitrogen and oxygen atoms in total. The van der Waals surface area contributed by atoms with Crippen LogP contribution in [0.5, 0.6) is 0 Å². The van der Waals surface area contributed by atoms with E-state index < -0.39 is 53.1 Å². The maximum atomic E-state index is 14.2. The number of ketones is 2. The largest absolute Gasteiger partial charge is 0.461 e. The number of Topliss-reactive ketones (excluding diaryl/α,β-unsaturated/α-hetero) is 2. The van der Waals surface area contributed by atoms with E-state index in [1.807, 2.05) is 41.5 Å². The van der Waals surface area contributed by atoms with E-state index in [1.165, 1.54) is 0 Å². The molecule has 4 rings (SSSR count). The van der Waals surface area contributed by atoms with Crippen LogP contribution in [0.1, 0.15) is 93.9 Å². The number of amides is 4. The average Bonchev–Trinajstić information content (AvgIpc) is 3.85. The number of nitrogens with zero attached hydrogens (tertiary/aromatic N) is 1. The van der Waals surface area contributed by atoms with E-state index in [-0.39, 0.29) is 47.4 Å². The van der Waals surface area contributed by atoms with Crippen molar-refractivity contribution in [3.05, 3.63) is 0 Å². The van der Waals surface area contributed by atoms with E-state index in [0.717, 1.165) is 25.7 Å². The van der Waals surface area contributed by atoms with Gasteiger partial charge in [0.1, 0.15) is 18.2 Å². The summed E-state index contributed by atoms with van der Waals surface area (Å²) in [6.07, 6.45) is 4.03. The number of nitrogens with one attached hydrogen (secondary N) is 2. The van der Waals surface area contributed by atoms with Crippen LogP contribution in [0.25, 0.3) is 0 Å². The summed E-state index contributed by atoms with van der Waals surface area (Å²) < 4.78 is 5.62. The van der Waals surface area contributed by atoms with Gasteiger partial charge in [0.25, 0.3) is 5.91 Å². The molecule has 2 unspecified atom stereocenters. The lowest BCUT2D eigenvalue weighted by atomic mass is 9.84.